The van der Waals surface area contributed by atoms with E-state index in [0.29, 0.717) is 17.9 Å². The summed E-state index contributed by atoms with van der Waals surface area (Å²) in [4.78, 5) is 0. The Morgan fingerprint density at radius 1 is 1.15 bits per heavy atom. The van der Waals surface area contributed by atoms with Crippen LogP contribution in [0.3, 0.4) is 0 Å². The lowest BCUT2D eigenvalue weighted by Crippen LogP contribution is -1.91. The van der Waals surface area contributed by atoms with Crippen LogP contribution in [0.25, 0.3) is 11.6 Å². The van der Waals surface area contributed by atoms with Gasteiger partial charge < -0.3 is 10.5 Å². The van der Waals surface area contributed by atoms with Crippen molar-refractivity contribution in [1.82, 2.24) is 0 Å². The Morgan fingerprint density at radius 3 is 2.35 bits per heavy atom. The van der Waals surface area contributed by atoms with Crippen LogP contribution < -0.4 is 10.5 Å². The number of benzene rings is 2. The van der Waals surface area contributed by atoms with Crippen LogP contribution in [0.1, 0.15) is 18.1 Å². The lowest BCUT2D eigenvalue weighted by Gasteiger charge is -2.04. The summed E-state index contributed by atoms with van der Waals surface area (Å²) in [6.07, 6.45) is 1.84. The fourth-order valence-corrected chi connectivity index (χ4v) is 1.84. The van der Waals surface area contributed by atoms with Gasteiger partial charge in [-0.1, -0.05) is 12.1 Å². The van der Waals surface area contributed by atoms with E-state index >= 15 is 0 Å². The van der Waals surface area contributed by atoms with Crippen molar-refractivity contribution >= 4 is 17.3 Å². The smallest absolute Gasteiger partial charge is 0.119 e. The molecule has 0 heterocycles. The lowest BCUT2D eigenvalue weighted by atomic mass is 10.0. The molecule has 0 saturated heterocycles. The van der Waals surface area contributed by atoms with Crippen molar-refractivity contribution in [2.75, 3.05) is 12.3 Å². The topological polar surface area (TPSA) is 59.0 Å². The SMILES string of the molecule is CCOc1ccc(C(C#N)=Cc2ccc(N)cc2)cc1. The Morgan fingerprint density at radius 2 is 1.80 bits per heavy atom. The van der Waals surface area contributed by atoms with Crippen LogP contribution in [0.4, 0.5) is 5.69 Å². The molecule has 2 aromatic rings. The van der Waals surface area contributed by atoms with Gasteiger partial charge in [0.15, 0.2) is 0 Å². The summed E-state index contributed by atoms with van der Waals surface area (Å²) in [5, 5.41) is 9.29. The van der Waals surface area contributed by atoms with E-state index in [1.54, 1.807) is 0 Å². The molecule has 2 N–H and O–H groups in total. The Balaban J connectivity index is 2.28. The van der Waals surface area contributed by atoms with E-state index < -0.39 is 0 Å². The molecule has 2 aromatic carbocycles. The first-order valence-electron chi connectivity index (χ1n) is 6.43. The average molecular weight is 264 g/mol. The standard InChI is InChI=1S/C17H16N2O/c1-2-20-17-9-5-14(6-10-17)15(12-18)11-13-3-7-16(19)8-4-13/h3-11H,2,19H2,1H3. The maximum Gasteiger partial charge on any atom is 0.119 e. The van der Waals surface area contributed by atoms with Gasteiger partial charge in [0.05, 0.1) is 18.2 Å². The Hall–Kier alpha value is -2.73. The van der Waals surface area contributed by atoms with Crippen molar-refractivity contribution in [3.63, 3.8) is 0 Å². The van der Waals surface area contributed by atoms with Gasteiger partial charge in [0.2, 0.25) is 0 Å². The Kier molecular flexibility index (Phi) is 4.41. The minimum absolute atomic E-state index is 0.609. The van der Waals surface area contributed by atoms with Crippen molar-refractivity contribution in [1.29, 1.82) is 5.26 Å². The first-order chi connectivity index (χ1) is 9.72. The molecule has 0 bridgehead atoms. The van der Waals surface area contributed by atoms with Crippen molar-refractivity contribution in [3.8, 4) is 11.8 Å². The zero-order chi connectivity index (χ0) is 14.4. The second-order valence-electron chi connectivity index (χ2n) is 4.29. The summed E-state index contributed by atoms with van der Waals surface area (Å²) in [5.41, 5.74) is 8.78. The molecule has 0 atom stereocenters. The summed E-state index contributed by atoms with van der Waals surface area (Å²) in [6, 6.07) is 17.1. The predicted molar refractivity (Wildman–Crippen MR) is 81.9 cm³/mol. The summed E-state index contributed by atoms with van der Waals surface area (Å²) < 4.78 is 5.39. The van der Waals surface area contributed by atoms with Crippen LogP contribution in [0, 0.1) is 11.3 Å². The maximum atomic E-state index is 9.29. The molecule has 100 valence electrons. The van der Waals surface area contributed by atoms with E-state index in [2.05, 4.69) is 6.07 Å². The maximum absolute atomic E-state index is 9.29. The van der Waals surface area contributed by atoms with Gasteiger partial charge in [-0.3, -0.25) is 0 Å². The molecule has 0 aliphatic heterocycles. The molecule has 3 heteroatoms. The Labute approximate surface area is 118 Å². The predicted octanol–water partition coefficient (Wildman–Crippen LogP) is 3.73. The number of hydrogen-bond acceptors (Lipinski definition) is 3. The van der Waals surface area contributed by atoms with Gasteiger partial charge >= 0.3 is 0 Å². The molecule has 0 aromatic heterocycles. The van der Waals surface area contributed by atoms with Gasteiger partial charge in [0.1, 0.15) is 5.75 Å². The van der Waals surface area contributed by atoms with E-state index in [-0.39, 0.29) is 0 Å². The van der Waals surface area contributed by atoms with Crippen LogP contribution >= 0.6 is 0 Å². The van der Waals surface area contributed by atoms with Gasteiger partial charge in [-0.15, -0.1) is 0 Å². The van der Waals surface area contributed by atoms with Crippen molar-refractivity contribution in [2.24, 2.45) is 0 Å². The fraction of sp³-hybridized carbons (Fsp3) is 0.118. The van der Waals surface area contributed by atoms with Crippen LogP contribution in [0.15, 0.2) is 48.5 Å². The normalized spacial score (nSPS) is 10.9. The van der Waals surface area contributed by atoms with Gasteiger partial charge in [0, 0.05) is 5.69 Å². The Bertz CT molecular complexity index is 634. The summed E-state index contributed by atoms with van der Waals surface area (Å²) in [7, 11) is 0. The van der Waals surface area contributed by atoms with Gasteiger partial charge in [-0.2, -0.15) is 5.26 Å². The molecule has 0 radical (unpaired) electrons. The highest BCUT2D eigenvalue weighted by molar-refractivity contribution is 5.89. The molecule has 20 heavy (non-hydrogen) atoms. The number of nitriles is 1. The fourth-order valence-electron chi connectivity index (χ4n) is 1.84. The second-order valence-corrected chi connectivity index (χ2v) is 4.29. The molecule has 3 nitrogen and oxygen atoms in total. The first-order valence-corrected chi connectivity index (χ1v) is 6.43. The molecule has 0 amide bonds. The molecule has 0 aliphatic carbocycles. The molecule has 0 saturated carbocycles. The van der Waals surface area contributed by atoms with Gasteiger partial charge in [-0.25, -0.2) is 0 Å². The van der Waals surface area contributed by atoms with Crippen molar-refractivity contribution < 1.29 is 4.74 Å². The highest BCUT2D eigenvalue weighted by atomic mass is 16.5. The highest BCUT2D eigenvalue weighted by Crippen LogP contribution is 2.21. The largest absolute Gasteiger partial charge is 0.494 e. The van der Waals surface area contributed by atoms with Crippen molar-refractivity contribution in [2.45, 2.75) is 6.92 Å². The van der Waals surface area contributed by atoms with Crippen LogP contribution in [-0.2, 0) is 0 Å². The minimum atomic E-state index is 0.609. The number of hydrogen-bond donors (Lipinski definition) is 1. The summed E-state index contributed by atoms with van der Waals surface area (Å²) >= 11 is 0. The molecule has 0 aliphatic rings. The number of nitrogens with two attached hydrogens (primary N) is 1. The third kappa shape index (κ3) is 3.39. The summed E-state index contributed by atoms with van der Waals surface area (Å²) in [6.45, 7) is 2.57. The second kappa shape index (κ2) is 6.44. The van der Waals surface area contributed by atoms with Crippen LogP contribution in [0.5, 0.6) is 5.75 Å². The van der Waals surface area contributed by atoms with Crippen LogP contribution in [-0.4, -0.2) is 6.61 Å². The molecule has 0 spiro atoms. The van der Waals surface area contributed by atoms with E-state index in [1.165, 1.54) is 0 Å². The van der Waals surface area contributed by atoms with Gasteiger partial charge in [-0.05, 0) is 60.5 Å². The first kappa shape index (κ1) is 13.7. The van der Waals surface area contributed by atoms with E-state index in [4.69, 9.17) is 10.5 Å². The van der Waals surface area contributed by atoms with Crippen LogP contribution in [0.2, 0.25) is 0 Å². The molecular weight excluding hydrogens is 248 g/mol. The summed E-state index contributed by atoms with van der Waals surface area (Å²) in [5.74, 6) is 0.807. The zero-order valence-electron chi connectivity index (χ0n) is 11.3. The molecule has 0 fully saturated rings. The molecule has 0 unspecified atom stereocenters. The number of ether oxygens (including phenoxy) is 1. The van der Waals surface area contributed by atoms with E-state index in [0.717, 1.165) is 16.9 Å². The van der Waals surface area contributed by atoms with E-state index in [1.807, 2.05) is 61.5 Å². The zero-order valence-corrected chi connectivity index (χ0v) is 11.3. The number of nitrogen functional groups attached to an aromatic ring is 1. The number of nitrogens with zero attached hydrogens (tertiary/aromatic N) is 1. The number of rotatable bonds is 4. The average Bonchev–Trinajstić information content (AvgIpc) is 2.48. The van der Waals surface area contributed by atoms with Crippen molar-refractivity contribution in [3.05, 3.63) is 59.7 Å². The quantitative estimate of drug-likeness (QED) is 0.520. The minimum Gasteiger partial charge on any atom is -0.494 e. The molecular formula is C17H16N2O. The highest BCUT2D eigenvalue weighted by Gasteiger charge is 2.02. The van der Waals surface area contributed by atoms with E-state index in [9.17, 15) is 5.26 Å². The third-order valence-corrected chi connectivity index (χ3v) is 2.84. The monoisotopic (exact) mass is 264 g/mol. The number of anilines is 1. The number of allylic oxidation sites excluding steroid dienone is 1. The lowest BCUT2D eigenvalue weighted by molar-refractivity contribution is 0.340. The molecule has 2 rings (SSSR count). The third-order valence-electron chi connectivity index (χ3n) is 2.84. The van der Waals surface area contributed by atoms with Gasteiger partial charge in [0.25, 0.3) is 0 Å².